The Morgan fingerprint density at radius 2 is 1.95 bits per heavy atom. The number of hydrogen-bond donors (Lipinski definition) is 0. The van der Waals surface area contributed by atoms with Crippen molar-refractivity contribution in [1.82, 2.24) is 0 Å². The van der Waals surface area contributed by atoms with Gasteiger partial charge in [0, 0.05) is 19.5 Å². The Morgan fingerprint density at radius 1 is 1.15 bits per heavy atom. The average molecular weight is 416 g/mol. The summed E-state index contributed by atoms with van der Waals surface area (Å²) in [5, 5.41) is 0.645. The van der Waals surface area contributed by atoms with E-state index < -0.39 is 0 Å². The van der Waals surface area contributed by atoms with E-state index in [2.05, 4.69) is 31.9 Å². The van der Waals surface area contributed by atoms with Gasteiger partial charge < -0.3 is 4.74 Å². The highest BCUT2D eigenvalue weighted by Gasteiger charge is 2.28. The van der Waals surface area contributed by atoms with Crippen LogP contribution in [0.2, 0.25) is 5.02 Å². The molecule has 0 spiro atoms. The van der Waals surface area contributed by atoms with Gasteiger partial charge in [-0.05, 0) is 30.3 Å². The monoisotopic (exact) mass is 414 g/mol. The summed E-state index contributed by atoms with van der Waals surface area (Å²) in [6.45, 7) is 0. The highest BCUT2D eigenvalue weighted by atomic mass is 79.9. The van der Waals surface area contributed by atoms with Gasteiger partial charge in [-0.25, -0.2) is 0 Å². The van der Waals surface area contributed by atoms with Crippen LogP contribution < -0.4 is 4.74 Å². The van der Waals surface area contributed by atoms with Crippen molar-refractivity contribution in [3.8, 4) is 5.75 Å². The Kier molecular flexibility index (Phi) is 3.89. The van der Waals surface area contributed by atoms with Crippen LogP contribution in [-0.2, 0) is 0 Å². The number of carbonyl (C=O) groups is 1. The summed E-state index contributed by atoms with van der Waals surface area (Å²) in [4.78, 5) is 12.3. The van der Waals surface area contributed by atoms with E-state index in [0.29, 0.717) is 22.8 Å². The number of carbonyl (C=O) groups excluding carboxylic acids is 1. The molecule has 2 aromatic rings. The predicted octanol–water partition coefficient (Wildman–Crippen LogP) is 5.57. The minimum Gasteiger partial charge on any atom is -0.484 e. The second-order valence-electron chi connectivity index (χ2n) is 4.54. The molecule has 0 aliphatic carbocycles. The molecule has 2 nitrogen and oxygen atoms in total. The molecule has 5 heteroatoms. The topological polar surface area (TPSA) is 26.3 Å². The van der Waals surface area contributed by atoms with Gasteiger partial charge in [0.25, 0.3) is 0 Å². The van der Waals surface area contributed by atoms with Crippen LogP contribution in [0.3, 0.4) is 0 Å². The Labute approximate surface area is 138 Å². The van der Waals surface area contributed by atoms with Crippen molar-refractivity contribution in [2.24, 2.45) is 0 Å². The van der Waals surface area contributed by atoms with Gasteiger partial charge in [-0.15, -0.1) is 0 Å². The first-order valence-corrected chi connectivity index (χ1v) is 7.95. The number of halogens is 3. The molecule has 0 fully saturated rings. The summed E-state index contributed by atoms with van der Waals surface area (Å²) in [6, 6.07) is 11.0. The maximum absolute atomic E-state index is 12.3. The zero-order valence-corrected chi connectivity index (χ0v) is 14.1. The fourth-order valence-corrected chi connectivity index (χ4v) is 3.53. The molecule has 1 atom stereocenters. The number of ether oxygens (including phenoxy) is 1. The van der Waals surface area contributed by atoms with Gasteiger partial charge in [0.1, 0.15) is 11.9 Å². The molecule has 1 unspecified atom stereocenters. The van der Waals surface area contributed by atoms with Crippen molar-refractivity contribution in [2.75, 3.05) is 0 Å². The third kappa shape index (κ3) is 2.65. The molecule has 1 heterocycles. The highest BCUT2D eigenvalue weighted by molar-refractivity contribution is 9.10. The first kappa shape index (κ1) is 14.1. The minimum absolute atomic E-state index is 0.0828. The van der Waals surface area contributed by atoms with Crippen LogP contribution in [-0.4, -0.2) is 5.78 Å². The lowest BCUT2D eigenvalue weighted by Gasteiger charge is -2.26. The quantitative estimate of drug-likeness (QED) is 0.607. The van der Waals surface area contributed by atoms with E-state index in [-0.39, 0.29) is 11.9 Å². The zero-order chi connectivity index (χ0) is 14.3. The van der Waals surface area contributed by atoms with Crippen molar-refractivity contribution in [2.45, 2.75) is 12.5 Å². The molecule has 102 valence electrons. The van der Waals surface area contributed by atoms with Gasteiger partial charge in [-0.3, -0.25) is 4.79 Å². The molecule has 3 rings (SSSR count). The first-order chi connectivity index (χ1) is 9.54. The van der Waals surface area contributed by atoms with E-state index in [9.17, 15) is 4.79 Å². The number of rotatable bonds is 1. The Balaban J connectivity index is 1.99. The first-order valence-electron chi connectivity index (χ1n) is 5.99. The van der Waals surface area contributed by atoms with Gasteiger partial charge in [0.15, 0.2) is 5.78 Å². The third-order valence-corrected chi connectivity index (χ3v) is 4.61. The van der Waals surface area contributed by atoms with Gasteiger partial charge in [-0.2, -0.15) is 0 Å². The molecular formula is C15H9Br2ClO2. The smallest absolute Gasteiger partial charge is 0.170 e. The number of hydrogen-bond acceptors (Lipinski definition) is 2. The van der Waals surface area contributed by atoms with E-state index in [0.717, 1.165) is 14.5 Å². The molecule has 0 saturated heterocycles. The molecule has 0 bridgehead atoms. The number of Topliss-reactive ketones (excluding diaryl/α,β-unsaturated/α-hetero) is 1. The summed E-state index contributed by atoms with van der Waals surface area (Å²) in [7, 11) is 0. The molecule has 0 saturated carbocycles. The van der Waals surface area contributed by atoms with Crippen molar-refractivity contribution in [1.29, 1.82) is 0 Å². The summed E-state index contributed by atoms with van der Waals surface area (Å²) >= 11 is 12.8. The normalized spacial score (nSPS) is 17.6. The lowest BCUT2D eigenvalue weighted by Crippen LogP contribution is -2.20. The SMILES string of the molecule is O=C1CC(c2ccc(Cl)cc2Br)Oc2ccc(Br)cc21. The van der Waals surface area contributed by atoms with Crippen LogP contribution in [0.25, 0.3) is 0 Å². The molecular weight excluding hydrogens is 407 g/mol. The number of fused-ring (bicyclic) bond motifs is 1. The second kappa shape index (κ2) is 5.51. The van der Waals surface area contributed by atoms with Crippen molar-refractivity contribution in [3.63, 3.8) is 0 Å². The fraction of sp³-hybridized carbons (Fsp3) is 0.133. The van der Waals surface area contributed by atoms with Crippen molar-refractivity contribution >= 4 is 49.2 Å². The molecule has 2 aromatic carbocycles. The van der Waals surface area contributed by atoms with Crippen molar-refractivity contribution < 1.29 is 9.53 Å². The lowest BCUT2D eigenvalue weighted by molar-refractivity contribution is 0.0849. The van der Waals surface area contributed by atoms with Crippen molar-refractivity contribution in [3.05, 3.63) is 61.5 Å². The van der Waals surface area contributed by atoms with Gasteiger partial charge in [0.05, 0.1) is 12.0 Å². The fourth-order valence-electron chi connectivity index (χ4n) is 2.23. The molecule has 1 aliphatic rings. The van der Waals surface area contributed by atoms with E-state index in [1.165, 1.54) is 0 Å². The molecule has 0 N–H and O–H groups in total. The molecule has 1 aliphatic heterocycles. The predicted molar refractivity (Wildman–Crippen MR) is 85.6 cm³/mol. The highest BCUT2D eigenvalue weighted by Crippen LogP contribution is 2.38. The third-order valence-electron chi connectivity index (χ3n) is 3.19. The van der Waals surface area contributed by atoms with Crippen LogP contribution in [0.1, 0.15) is 28.4 Å². The maximum atomic E-state index is 12.3. The van der Waals surface area contributed by atoms with Crippen LogP contribution in [0.4, 0.5) is 0 Å². The van der Waals surface area contributed by atoms with Crippen LogP contribution in [0.15, 0.2) is 45.3 Å². The number of ketones is 1. The minimum atomic E-state index is -0.289. The zero-order valence-electron chi connectivity index (χ0n) is 10.2. The molecule has 20 heavy (non-hydrogen) atoms. The average Bonchev–Trinajstić information content (AvgIpc) is 2.39. The van der Waals surface area contributed by atoms with Gasteiger partial charge >= 0.3 is 0 Å². The maximum Gasteiger partial charge on any atom is 0.170 e. The number of benzene rings is 2. The van der Waals surface area contributed by atoms with Gasteiger partial charge in [-0.1, -0.05) is 49.5 Å². The summed E-state index contributed by atoms with van der Waals surface area (Å²) in [5.41, 5.74) is 1.55. The summed E-state index contributed by atoms with van der Waals surface area (Å²) < 4.78 is 7.67. The standard InChI is InChI=1S/C15H9Br2ClO2/c16-8-1-4-14-11(5-8)13(19)7-15(20-14)10-3-2-9(18)6-12(10)17/h1-6,15H,7H2. The Bertz CT molecular complexity index is 700. The van der Waals surface area contributed by atoms with E-state index in [1.807, 2.05) is 24.3 Å². The molecule has 0 aromatic heterocycles. The van der Waals surface area contributed by atoms with E-state index in [1.54, 1.807) is 12.1 Å². The summed E-state index contributed by atoms with van der Waals surface area (Å²) in [6.07, 6.45) is 0.0340. The Morgan fingerprint density at radius 3 is 2.70 bits per heavy atom. The second-order valence-corrected chi connectivity index (χ2v) is 6.75. The molecule has 0 radical (unpaired) electrons. The molecule has 0 amide bonds. The lowest BCUT2D eigenvalue weighted by atomic mass is 9.96. The van der Waals surface area contributed by atoms with E-state index >= 15 is 0 Å². The summed E-state index contributed by atoms with van der Waals surface area (Å²) in [5.74, 6) is 0.704. The largest absolute Gasteiger partial charge is 0.484 e. The van der Waals surface area contributed by atoms with Crippen LogP contribution in [0.5, 0.6) is 5.75 Å². The van der Waals surface area contributed by atoms with Gasteiger partial charge in [0.2, 0.25) is 0 Å². The van der Waals surface area contributed by atoms with E-state index in [4.69, 9.17) is 16.3 Å². The van der Waals surface area contributed by atoms with Crippen LogP contribution >= 0.6 is 43.5 Å². The Hall–Kier alpha value is -0.840. The van der Waals surface area contributed by atoms with Crippen LogP contribution in [0, 0.1) is 0 Å².